The predicted octanol–water partition coefficient (Wildman–Crippen LogP) is 5.10. The molecule has 3 aromatic rings. The van der Waals surface area contributed by atoms with Crippen molar-refractivity contribution in [3.63, 3.8) is 0 Å². The van der Waals surface area contributed by atoms with Crippen molar-refractivity contribution in [3.8, 4) is 11.5 Å². The number of fused-ring (bicyclic) bond motifs is 1. The second-order valence-electron chi connectivity index (χ2n) is 7.91. The van der Waals surface area contributed by atoms with E-state index in [2.05, 4.69) is 48.5 Å². The van der Waals surface area contributed by atoms with E-state index in [9.17, 15) is 4.79 Å². The van der Waals surface area contributed by atoms with Crippen LogP contribution in [0.3, 0.4) is 0 Å². The first-order valence-corrected chi connectivity index (χ1v) is 9.43. The summed E-state index contributed by atoms with van der Waals surface area (Å²) in [6.45, 7) is 6.75. The van der Waals surface area contributed by atoms with E-state index in [0.29, 0.717) is 28.6 Å². The van der Waals surface area contributed by atoms with Gasteiger partial charge in [-0.25, -0.2) is 4.98 Å². The molecule has 0 bridgehead atoms. The summed E-state index contributed by atoms with van der Waals surface area (Å²) in [5, 5.41) is 6.10. The van der Waals surface area contributed by atoms with Gasteiger partial charge in [-0.15, -0.1) is 0 Å². The Morgan fingerprint density at radius 1 is 0.931 bits per heavy atom. The van der Waals surface area contributed by atoms with Gasteiger partial charge in [-0.05, 0) is 47.4 Å². The van der Waals surface area contributed by atoms with E-state index < -0.39 is 0 Å². The van der Waals surface area contributed by atoms with Crippen molar-refractivity contribution in [3.05, 3.63) is 71.9 Å². The van der Waals surface area contributed by atoms with Gasteiger partial charge in [-0.1, -0.05) is 32.9 Å². The van der Waals surface area contributed by atoms with Crippen molar-refractivity contribution in [2.75, 3.05) is 17.4 Å². The molecule has 148 valence electrons. The number of benzene rings is 2. The number of aromatic nitrogens is 1. The Bertz CT molecular complexity index is 1020. The standard InChI is InChI=1S/C23H23N3O3/c1-23(2,3)16-5-7-17(8-6-16)25-21-11-4-15(13-24-21)22(27)26-18-9-10-19-20(12-18)29-14-28-19/h4-13H,14H2,1-3H3,(H,24,25)(H,26,27). The Morgan fingerprint density at radius 2 is 1.66 bits per heavy atom. The summed E-state index contributed by atoms with van der Waals surface area (Å²) in [6, 6.07) is 17.1. The van der Waals surface area contributed by atoms with Crippen LogP contribution in [0, 0.1) is 0 Å². The van der Waals surface area contributed by atoms with Crippen molar-refractivity contribution in [2.24, 2.45) is 0 Å². The van der Waals surface area contributed by atoms with Gasteiger partial charge in [-0.3, -0.25) is 4.79 Å². The van der Waals surface area contributed by atoms with Crippen molar-refractivity contribution in [2.45, 2.75) is 26.2 Å². The van der Waals surface area contributed by atoms with Gasteiger partial charge in [0.15, 0.2) is 11.5 Å². The van der Waals surface area contributed by atoms with Crippen molar-refractivity contribution in [1.82, 2.24) is 4.98 Å². The fourth-order valence-corrected chi connectivity index (χ4v) is 2.98. The molecule has 1 amide bonds. The first-order chi connectivity index (χ1) is 13.9. The topological polar surface area (TPSA) is 72.5 Å². The van der Waals surface area contributed by atoms with Crippen LogP contribution in [0.5, 0.6) is 11.5 Å². The summed E-state index contributed by atoms with van der Waals surface area (Å²) >= 11 is 0. The zero-order valence-corrected chi connectivity index (χ0v) is 16.7. The molecule has 1 aromatic heterocycles. The van der Waals surface area contributed by atoms with Gasteiger partial charge in [-0.2, -0.15) is 0 Å². The average Bonchev–Trinajstić information content (AvgIpc) is 3.16. The van der Waals surface area contributed by atoms with Crippen molar-refractivity contribution >= 4 is 23.1 Å². The van der Waals surface area contributed by atoms with Crippen molar-refractivity contribution in [1.29, 1.82) is 0 Å². The van der Waals surface area contributed by atoms with Crippen molar-refractivity contribution < 1.29 is 14.3 Å². The van der Waals surface area contributed by atoms with Crippen LogP contribution in [0.15, 0.2) is 60.8 Å². The number of anilines is 3. The summed E-state index contributed by atoms with van der Waals surface area (Å²) in [4.78, 5) is 16.8. The molecule has 0 saturated heterocycles. The first kappa shape index (κ1) is 18.8. The van der Waals surface area contributed by atoms with Crippen LogP contribution in [0.25, 0.3) is 0 Å². The van der Waals surface area contributed by atoms with E-state index >= 15 is 0 Å². The SMILES string of the molecule is CC(C)(C)c1ccc(Nc2ccc(C(=O)Nc3ccc4c(c3)OCO4)cn2)cc1. The van der Waals surface area contributed by atoms with Crippen LogP contribution in [0.1, 0.15) is 36.7 Å². The van der Waals surface area contributed by atoms with E-state index in [-0.39, 0.29) is 18.1 Å². The molecule has 0 spiro atoms. The van der Waals surface area contributed by atoms with Gasteiger partial charge < -0.3 is 20.1 Å². The summed E-state index contributed by atoms with van der Waals surface area (Å²) in [7, 11) is 0. The fourth-order valence-electron chi connectivity index (χ4n) is 2.98. The fraction of sp³-hybridized carbons (Fsp3) is 0.217. The monoisotopic (exact) mass is 389 g/mol. The maximum atomic E-state index is 12.5. The normalized spacial score (nSPS) is 12.5. The lowest BCUT2D eigenvalue weighted by molar-refractivity contribution is 0.102. The third kappa shape index (κ3) is 4.32. The molecule has 0 saturated carbocycles. The van der Waals surface area contributed by atoms with Crippen LogP contribution < -0.4 is 20.1 Å². The Morgan fingerprint density at radius 3 is 2.34 bits per heavy atom. The minimum atomic E-state index is -0.238. The minimum absolute atomic E-state index is 0.115. The Labute approximate surface area is 169 Å². The van der Waals surface area contributed by atoms with Crippen LogP contribution in [-0.2, 0) is 5.41 Å². The lowest BCUT2D eigenvalue weighted by atomic mass is 9.87. The molecular weight excluding hydrogens is 366 g/mol. The van der Waals surface area contributed by atoms with E-state index in [1.807, 2.05) is 12.1 Å². The highest BCUT2D eigenvalue weighted by atomic mass is 16.7. The molecular formula is C23H23N3O3. The summed E-state index contributed by atoms with van der Waals surface area (Å²) in [5.74, 6) is 1.74. The van der Waals surface area contributed by atoms with Gasteiger partial charge >= 0.3 is 0 Å². The zero-order valence-electron chi connectivity index (χ0n) is 16.7. The van der Waals surface area contributed by atoms with E-state index in [1.165, 1.54) is 5.56 Å². The van der Waals surface area contributed by atoms with Crippen LogP contribution in [-0.4, -0.2) is 17.7 Å². The van der Waals surface area contributed by atoms with Gasteiger partial charge in [0, 0.05) is 23.6 Å². The Hall–Kier alpha value is -3.54. The molecule has 2 heterocycles. The third-order valence-corrected chi connectivity index (χ3v) is 4.68. The van der Waals surface area contributed by atoms with Gasteiger partial charge in [0.2, 0.25) is 6.79 Å². The number of carbonyl (C=O) groups excluding carboxylic acids is 1. The molecule has 0 radical (unpaired) electrons. The lowest BCUT2D eigenvalue weighted by Gasteiger charge is -2.19. The molecule has 0 unspecified atom stereocenters. The largest absolute Gasteiger partial charge is 0.454 e. The average molecular weight is 389 g/mol. The molecule has 1 aliphatic rings. The zero-order chi connectivity index (χ0) is 20.4. The number of carbonyl (C=O) groups is 1. The molecule has 29 heavy (non-hydrogen) atoms. The maximum absolute atomic E-state index is 12.5. The Balaban J connectivity index is 1.40. The predicted molar refractivity (Wildman–Crippen MR) is 113 cm³/mol. The second kappa shape index (κ2) is 7.47. The number of nitrogens with one attached hydrogen (secondary N) is 2. The molecule has 1 aliphatic heterocycles. The van der Waals surface area contributed by atoms with Gasteiger partial charge in [0.25, 0.3) is 5.91 Å². The smallest absolute Gasteiger partial charge is 0.257 e. The van der Waals surface area contributed by atoms with Crippen LogP contribution >= 0.6 is 0 Å². The molecule has 2 aromatic carbocycles. The third-order valence-electron chi connectivity index (χ3n) is 4.68. The van der Waals surface area contributed by atoms with E-state index in [4.69, 9.17) is 9.47 Å². The molecule has 2 N–H and O–H groups in total. The maximum Gasteiger partial charge on any atom is 0.257 e. The number of hydrogen-bond acceptors (Lipinski definition) is 5. The quantitative estimate of drug-likeness (QED) is 0.649. The summed E-state index contributed by atoms with van der Waals surface area (Å²) < 4.78 is 10.6. The summed E-state index contributed by atoms with van der Waals surface area (Å²) in [5.41, 5.74) is 3.44. The number of hydrogen-bond donors (Lipinski definition) is 2. The number of pyridine rings is 1. The first-order valence-electron chi connectivity index (χ1n) is 9.43. The molecule has 0 atom stereocenters. The van der Waals surface area contributed by atoms with E-state index in [1.54, 1.807) is 36.5 Å². The Kier molecular flexibility index (Phi) is 4.84. The number of rotatable bonds is 4. The van der Waals surface area contributed by atoms with Crippen LogP contribution in [0.2, 0.25) is 0 Å². The summed E-state index contributed by atoms with van der Waals surface area (Å²) in [6.07, 6.45) is 1.55. The molecule has 6 nitrogen and oxygen atoms in total. The number of amides is 1. The highest BCUT2D eigenvalue weighted by molar-refractivity contribution is 6.04. The number of ether oxygens (including phenoxy) is 2. The minimum Gasteiger partial charge on any atom is -0.454 e. The molecule has 4 rings (SSSR count). The van der Waals surface area contributed by atoms with Gasteiger partial charge in [0.05, 0.1) is 5.56 Å². The molecule has 0 aliphatic carbocycles. The second-order valence-corrected chi connectivity index (χ2v) is 7.91. The molecule has 6 heteroatoms. The van der Waals surface area contributed by atoms with Gasteiger partial charge in [0.1, 0.15) is 5.82 Å². The highest BCUT2D eigenvalue weighted by Crippen LogP contribution is 2.34. The van der Waals surface area contributed by atoms with Crippen LogP contribution in [0.4, 0.5) is 17.2 Å². The lowest BCUT2D eigenvalue weighted by Crippen LogP contribution is -2.12. The molecule has 0 fully saturated rings. The highest BCUT2D eigenvalue weighted by Gasteiger charge is 2.15. The van der Waals surface area contributed by atoms with E-state index in [0.717, 1.165) is 5.69 Å². The number of nitrogens with zero attached hydrogens (tertiary/aromatic N) is 1.